The molecule has 78 valence electrons. The van der Waals surface area contributed by atoms with Crippen molar-refractivity contribution in [1.82, 2.24) is 0 Å². The molecule has 4 heteroatoms. The minimum Gasteiger partial charge on any atom is -0.481 e. The van der Waals surface area contributed by atoms with Gasteiger partial charge >= 0.3 is 0 Å². The first-order valence-electron chi connectivity index (χ1n) is 4.46. The molecule has 0 aromatic rings. The Labute approximate surface area is 78.5 Å². The third-order valence-corrected chi connectivity index (χ3v) is 1.98. The van der Waals surface area contributed by atoms with Crippen molar-refractivity contribution in [2.75, 3.05) is 7.11 Å². The highest BCUT2D eigenvalue weighted by Gasteiger charge is 2.17. The Morgan fingerprint density at radius 3 is 2.00 bits per heavy atom. The molecule has 13 heavy (non-hydrogen) atoms. The second kappa shape index (κ2) is 6.86. The van der Waals surface area contributed by atoms with Gasteiger partial charge in [0.15, 0.2) is 0 Å². The summed E-state index contributed by atoms with van der Waals surface area (Å²) in [5.74, 6) is -0.833. The van der Waals surface area contributed by atoms with Crippen LogP contribution in [0.1, 0.15) is 32.6 Å². The van der Waals surface area contributed by atoms with E-state index in [2.05, 4.69) is 0 Å². The van der Waals surface area contributed by atoms with Crippen LogP contribution in [0.3, 0.4) is 0 Å². The second-order valence-corrected chi connectivity index (χ2v) is 3.19. The van der Waals surface area contributed by atoms with Gasteiger partial charge in [0.05, 0.1) is 12.2 Å². The van der Waals surface area contributed by atoms with Crippen molar-refractivity contribution in [2.45, 2.75) is 44.8 Å². The van der Waals surface area contributed by atoms with Crippen LogP contribution in [0.4, 0.5) is 0 Å². The van der Waals surface area contributed by atoms with Crippen LogP contribution in [0.15, 0.2) is 0 Å². The average molecular weight is 190 g/mol. The maximum atomic E-state index is 9.07. The normalized spacial score (nSPS) is 27.3. The summed E-state index contributed by atoms with van der Waals surface area (Å²) in [4.78, 5) is 9.00. The molecule has 0 heterocycles. The largest absolute Gasteiger partial charge is 0.481 e. The van der Waals surface area contributed by atoms with Crippen molar-refractivity contribution in [2.24, 2.45) is 0 Å². The van der Waals surface area contributed by atoms with E-state index >= 15 is 0 Å². The fraction of sp³-hybridized carbons (Fsp3) is 0.889. The lowest BCUT2D eigenvalue weighted by molar-refractivity contribution is -0.134. The van der Waals surface area contributed by atoms with Crippen molar-refractivity contribution in [3.63, 3.8) is 0 Å². The van der Waals surface area contributed by atoms with Gasteiger partial charge in [-0.1, -0.05) is 0 Å². The van der Waals surface area contributed by atoms with E-state index in [-0.39, 0.29) is 6.10 Å². The topological polar surface area (TPSA) is 66.8 Å². The van der Waals surface area contributed by atoms with E-state index in [1.165, 1.54) is 0 Å². The Kier molecular flexibility index (Phi) is 6.54. The first-order valence-corrected chi connectivity index (χ1v) is 4.46. The molecule has 0 aromatic heterocycles. The van der Waals surface area contributed by atoms with Gasteiger partial charge in [0.2, 0.25) is 0 Å². The first kappa shape index (κ1) is 12.4. The van der Waals surface area contributed by atoms with E-state index in [0.717, 1.165) is 32.6 Å². The Balaban J connectivity index is 0.000000310. The maximum Gasteiger partial charge on any atom is 0.300 e. The molecule has 0 radical (unpaired) electrons. The molecular formula is C9H18O4. The molecule has 1 saturated carbocycles. The lowest BCUT2D eigenvalue weighted by Crippen LogP contribution is -2.22. The summed E-state index contributed by atoms with van der Waals surface area (Å²) in [6, 6.07) is 0. The SMILES string of the molecule is CC(=O)O.COC1CCC(O)CC1. The first-order chi connectivity index (χ1) is 6.06. The Morgan fingerprint density at radius 2 is 1.69 bits per heavy atom. The number of aliphatic hydroxyl groups excluding tert-OH is 1. The van der Waals surface area contributed by atoms with Crippen LogP contribution < -0.4 is 0 Å². The fourth-order valence-electron chi connectivity index (χ4n) is 1.28. The summed E-state index contributed by atoms with van der Waals surface area (Å²) in [5, 5.41) is 16.5. The van der Waals surface area contributed by atoms with Crippen LogP contribution >= 0.6 is 0 Å². The molecule has 0 unspecified atom stereocenters. The van der Waals surface area contributed by atoms with Crippen LogP contribution in [0.5, 0.6) is 0 Å². The van der Waals surface area contributed by atoms with Crippen LogP contribution in [-0.2, 0) is 9.53 Å². The highest BCUT2D eigenvalue weighted by Crippen LogP contribution is 2.19. The Bertz CT molecular complexity index is 135. The highest BCUT2D eigenvalue weighted by atomic mass is 16.5. The minimum atomic E-state index is -0.833. The predicted molar refractivity (Wildman–Crippen MR) is 48.6 cm³/mol. The van der Waals surface area contributed by atoms with Gasteiger partial charge in [0.25, 0.3) is 5.97 Å². The zero-order valence-corrected chi connectivity index (χ0v) is 8.19. The number of carboxylic acid groups (broad SMARTS) is 1. The van der Waals surface area contributed by atoms with Crippen LogP contribution in [0.2, 0.25) is 0 Å². The summed E-state index contributed by atoms with van der Waals surface area (Å²) < 4.78 is 5.13. The minimum absolute atomic E-state index is 0.0589. The molecule has 0 aliphatic heterocycles. The van der Waals surface area contributed by atoms with Crippen LogP contribution in [0.25, 0.3) is 0 Å². The fourth-order valence-corrected chi connectivity index (χ4v) is 1.28. The summed E-state index contributed by atoms with van der Waals surface area (Å²) in [5.41, 5.74) is 0. The smallest absolute Gasteiger partial charge is 0.300 e. The van der Waals surface area contributed by atoms with E-state index < -0.39 is 5.97 Å². The third-order valence-electron chi connectivity index (χ3n) is 1.98. The number of rotatable bonds is 1. The number of ether oxygens (including phenoxy) is 1. The number of aliphatic hydroxyl groups is 1. The molecule has 0 atom stereocenters. The van der Waals surface area contributed by atoms with Crippen molar-refractivity contribution in [1.29, 1.82) is 0 Å². The van der Waals surface area contributed by atoms with Crippen molar-refractivity contribution in [3.8, 4) is 0 Å². The third kappa shape index (κ3) is 7.74. The van der Waals surface area contributed by atoms with Crippen molar-refractivity contribution < 1.29 is 19.7 Å². The summed E-state index contributed by atoms with van der Waals surface area (Å²) in [7, 11) is 1.74. The molecule has 0 saturated heterocycles. The number of carbonyl (C=O) groups is 1. The predicted octanol–water partition coefficient (Wildman–Crippen LogP) is 1.03. The molecule has 0 bridgehead atoms. The molecule has 0 aromatic carbocycles. The number of hydrogen-bond donors (Lipinski definition) is 2. The van der Waals surface area contributed by atoms with Gasteiger partial charge < -0.3 is 14.9 Å². The molecule has 0 spiro atoms. The van der Waals surface area contributed by atoms with Crippen LogP contribution in [-0.4, -0.2) is 35.5 Å². The molecule has 1 aliphatic carbocycles. The van der Waals surface area contributed by atoms with Crippen molar-refractivity contribution >= 4 is 5.97 Å². The summed E-state index contributed by atoms with van der Waals surface area (Å²) in [6.07, 6.45) is 4.23. The van der Waals surface area contributed by atoms with Gasteiger partial charge in [-0.3, -0.25) is 4.79 Å². The molecule has 0 amide bonds. The summed E-state index contributed by atoms with van der Waals surface area (Å²) >= 11 is 0. The molecular weight excluding hydrogens is 172 g/mol. The standard InChI is InChI=1S/C7H14O2.C2H4O2/c1-9-7-4-2-6(8)3-5-7;1-2(3)4/h6-8H,2-5H2,1H3;1H3,(H,3,4). The van der Waals surface area contributed by atoms with Gasteiger partial charge in [0, 0.05) is 14.0 Å². The molecule has 4 nitrogen and oxygen atoms in total. The zero-order chi connectivity index (χ0) is 10.3. The highest BCUT2D eigenvalue weighted by molar-refractivity contribution is 5.62. The Morgan fingerprint density at radius 1 is 1.31 bits per heavy atom. The summed E-state index contributed by atoms with van der Waals surface area (Å²) in [6.45, 7) is 1.08. The number of hydrogen-bond acceptors (Lipinski definition) is 3. The molecule has 2 N–H and O–H groups in total. The van der Waals surface area contributed by atoms with Gasteiger partial charge in [-0.15, -0.1) is 0 Å². The van der Waals surface area contributed by atoms with E-state index in [1.54, 1.807) is 7.11 Å². The number of aliphatic carboxylic acids is 1. The van der Waals surface area contributed by atoms with Gasteiger partial charge in [-0.25, -0.2) is 0 Å². The van der Waals surface area contributed by atoms with E-state index in [1.807, 2.05) is 0 Å². The number of methoxy groups -OCH3 is 1. The van der Waals surface area contributed by atoms with Crippen molar-refractivity contribution in [3.05, 3.63) is 0 Å². The van der Waals surface area contributed by atoms with E-state index in [9.17, 15) is 0 Å². The average Bonchev–Trinajstić information content (AvgIpc) is 2.05. The second-order valence-electron chi connectivity index (χ2n) is 3.19. The van der Waals surface area contributed by atoms with Crippen LogP contribution in [0, 0.1) is 0 Å². The Hall–Kier alpha value is -0.610. The van der Waals surface area contributed by atoms with Gasteiger partial charge in [-0.05, 0) is 25.7 Å². The lowest BCUT2D eigenvalue weighted by Gasteiger charge is -2.23. The monoisotopic (exact) mass is 190 g/mol. The number of carboxylic acids is 1. The van der Waals surface area contributed by atoms with E-state index in [4.69, 9.17) is 19.7 Å². The maximum absolute atomic E-state index is 9.07. The molecule has 1 aliphatic rings. The van der Waals surface area contributed by atoms with Gasteiger partial charge in [0.1, 0.15) is 0 Å². The molecule has 1 fully saturated rings. The zero-order valence-electron chi connectivity index (χ0n) is 8.19. The molecule has 1 rings (SSSR count). The van der Waals surface area contributed by atoms with E-state index in [0.29, 0.717) is 6.10 Å². The quantitative estimate of drug-likeness (QED) is 0.648. The van der Waals surface area contributed by atoms with Gasteiger partial charge in [-0.2, -0.15) is 0 Å². The lowest BCUT2D eigenvalue weighted by atomic mass is 9.95.